The summed E-state index contributed by atoms with van der Waals surface area (Å²) in [5, 5.41) is 3.69. The molecule has 0 unspecified atom stereocenters. The van der Waals surface area contributed by atoms with E-state index in [1.54, 1.807) is 14.2 Å². The van der Waals surface area contributed by atoms with Crippen LogP contribution in [0.4, 0.5) is 0 Å². The van der Waals surface area contributed by atoms with Gasteiger partial charge < -0.3 is 14.8 Å². The van der Waals surface area contributed by atoms with Gasteiger partial charge in [-0.25, -0.2) is 0 Å². The molecule has 1 aromatic rings. The summed E-state index contributed by atoms with van der Waals surface area (Å²) in [5.41, 5.74) is 1.16. The standard InChI is InChI=1S/C18H29NO2/c1-14(15-8-6-4-5-7-9-15)19-13-16-12-17(20-2)10-11-18(16)21-3/h10-12,14-15,19H,4-9,13H2,1-3H3/t14-/m1/s1. The average Bonchev–Trinajstić information content (AvgIpc) is 2.81. The number of nitrogens with one attached hydrogen (secondary N) is 1. The van der Waals surface area contributed by atoms with E-state index in [0.29, 0.717) is 6.04 Å². The lowest BCUT2D eigenvalue weighted by atomic mass is 9.93. The molecule has 1 aliphatic rings. The van der Waals surface area contributed by atoms with Crippen molar-refractivity contribution in [2.45, 2.75) is 58.0 Å². The van der Waals surface area contributed by atoms with Gasteiger partial charge in [-0.15, -0.1) is 0 Å². The Balaban J connectivity index is 1.94. The van der Waals surface area contributed by atoms with E-state index in [0.717, 1.165) is 29.5 Å². The van der Waals surface area contributed by atoms with Gasteiger partial charge in [-0.05, 0) is 43.9 Å². The summed E-state index contributed by atoms with van der Waals surface area (Å²) < 4.78 is 10.8. The third-order valence-corrected chi connectivity index (χ3v) is 4.71. The van der Waals surface area contributed by atoms with E-state index in [4.69, 9.17) is 9.47 Å². The van der Waals surface area contributed by atoms with E-state index in [1.165, 1.54) is 38.5 Å². The summed E-state index contributed by atoms with van der Waals surface area (Å²) in [7, 11) is 3.42. The molecule has 3 nitrogen and oxygen atoms in total. The lowest BCUT2D eigenvalue weighted by Gasteiger charge is -2.24. The Bertz CT molecular complexity index is 425. The van der Waals surface area contributed by atoms with Crippen LogP contribution in [-0.2, 0) is 6.54 Å². The van der Waals surface area contributed by atoms with Crippen LogP contribution < -0.4 is 14.8 Å². The van der Waals surface area contributed by atoms with Gasteiger partial charge in [0.2, 0.25) is 0 Å². The van der Waals surface area contributed by atoms with E-state index < -0.39 is 0 Å². The van der Waals surface area contributed by atoms with Crippen LogP contribution in [0.5, 0.6) is 11.5 Å². The van der Waals surface area contributed by atoms with Gasteiger partial charge in [-0.2, -0.15) is 0 Å². The van der Waals surface area contributed by atoms with Gasteiger partial charge >= 0.3 is 0 Å². The third kappa shape index (κ3) is 4.63. The number of ether oxygens (including phenoxy) is 2. The zero-order valence-electron chi connectivity index (χ0n) is 13.7. The first kappa shape index (κ1) is 16.2. The van der Waals surface area contributed by atoms with Gasteiger partial charge in [0, 0.05) is 18.2 Å². The summed E-state index contributed by atoms with van der Waals surface area (Å²) in [6, 6.07) is 6.54. The van der Waals surface area contributed by atoms with Gasteiger partial charge in [0.15, 0.2) is 0 Å². The molecule has 1 fully saturated rings. The van der Waals surface area contributed by atoms with Gasteiger partial charge in [-0.1, -0.05) is 25.7 Å². The Morgan fingerprint density at radius 2 is 1.81 bits per heavy atom. The fourth-order valence-electron chi connectivity index (χ4n) is 3.27. The van der Waals surface area contributed by atoms with E-state index in [-0.39, 0.29) is 0 Å². The van der Waals surface area contributed by atoms with Crippen LogP contribution in [0.25, 0.3) is 0 Å². The molecule has 1 aliphatic carbocycles. The Kier molecular flexibility index (Phi) is 6.37. The first-order valence-corrected chi connectivity index (χ1v) is 8.19. The molecule has 118 valence electrons. The Morgan fingerprint density at radius 1 is 1.10 bits per heavy atom. The normalized spacial score (nSPS) is 18.0. The number of hydrogen-bond acceptors (Lipinski definition) is 3. The van der Waals surface area contributed by atoms with Crippen LogP contribution in [-0.4, -0.2) is 20.3 Å². The summed E-state index contributed by atoms with van der Waals surface area (Å²) >= 11 is 0. The Hall–Kier alpha value is -1.22. The molecule has 0 saturated heterocycles. The second-order valence-electron chi connectivity index (χ2n) is 6.10. The number of benzene rings is 1. The molecule has 21 heavy (non-hydrogen) atoms. The van der Waals surface area contributed by atoms with E-state index in [2.05, 4.69) is 18.3 Å². The summed E-state index contributed by atoms with van der Waals surface area (Å²) in [5.74, 6) is 2.62. The van der Waals surface area contributed by atoms with Crippen LogP contribution in [0.3, 0.4) is 0 Å². The molecule has 0 aliphatic heterocycles. The SMILES string of the molecule is COc1ccc(OC)c(CN[C@H](C)C2CCCCCC2)c1. The molecule has 2 rings (SSSR count). The second kappa shape index (κ2) is 8.28. The largest absolute Gasteiger partial charge is 0.497 e. The molecule has 0 aromatic heterocycles. The van der Waals surface area contributed by atoms with Crippen molar-refractivity contribution in [1.29, 1.82) is 0 Å². The average molecular weight is 291 g/mol. The molecule has 0 heterocycles. The first-order valence-electron chi connectivity index (χ1n) is 8.19. The molecular formula is C18H29NO2. The maximum atomic E-state index is 5.45. The maximum Gasteiger partial charge on any atom is 0.123 e. The highest BCUT2D eigenvalue weighted by Gasteiger charge is 2.19. The highest BCUT2D eigenvalue weighted by atomic mass is 16.5. The molecule has 0 amide bonds. The van der Waals surface area contributed by atoms with Crippen molar-refractivity contribution in [1.82, 2.24) is 5.32 Å². The van der Waals surface area contributed by atoms with E-state index in [9.17, 15) is 0 Å². The Morgan fingerprint density at radius 3 is 2.43 bits per heavy atom. The number of hydrogen-bond donors (Lipinski definition) is 1. The van der Waals surface area contributed by atoms with E-state index >= 15 is 0 Å². The van der Waals surface area contributed by atoms with Crippen molar-refractivity contribution in [3.8, 4) is 11.5 Å². The zero-order valence-corrected chi connectivity index (χ0v) is 13.7. The molecule has 0 radical (unpaired) electrons. The lowest BCUT2D eigenvalue weighted by Crippen LogP contribution is -2.33. The highest BCUT2D eigenvalue weighted by Crippen LogP contribution is 2.27. The van der Waals surface area contributed by atoms with Gasteiger partial charge in [0.1, 0.15) is 11.5 Å². The molecule has 0 bridgehead atoms. The maximum absolute atomic E-state index is 5.45. The summed E-state index contributed by atoms with van der Waals surface area (Å²) in [6.07, 6.45) is 8.32. The van der Waals surface area contributed by atoms with Crippen LogP contribution in [0.2, 0.25) is 0 Å². The quantitative estimate of drug-likeness (QED) is 0.799. The fourth-order valence-corrected chi connectivity index (χ4v) is 3.27. The number of rotatable bonds is 6. The zero-order chi connectivity index (χ0) is 15.1. The molecule has 0 spiro atoms. The van der Waals surface area contributed by atoms with Gasteiger partial charge in [-0.3, -0.25) is 0 Å². The van der Waals surface area contributed by atoms with Crippen molar-refractivity contribution in [2.24, 2.45) is 5.92 Å². The summed E-state index contributed by atoms with van der Waals surface area (Å²) in [6.45, 7) is 3.15. The van der Waals surface area contributed by atoms with Gasteiger partial charge in [0.05, 0.1) is 14.2 Å². The third-order valence-electron chi connectivity index (χ3n) is 4.71. The van der Waals surface area contributed by atoms with Crippen molar-refractivity contribution < 1.29 is 9.47 Å². The van der Waals surface area contributed by atoms with Crippen LogP contribution in [0.15, 0.2) is 18.2 Å². The minimum atomic E-state index is 0.555. The summed E-state index contributed by atoms with van der Waals surface area (Å²) in [4.78, 5) is 0. The molecule has 1 atom stereocenters. The molecular weight excluding hydrogens is 262 g/mol. The van der Waals surface area contributed by atoms with Gasteiger partial charge in [0.25, 0.3) is 0 Å². The van der Waals surface area contributed by atoms with Crippen LogP contribution in [0.1, 0.15) is 51.0 Å². The van der Waals surface area contributed by atoms with Crippen molar-refractivity contribution >= 4 is 0 Å². The molecule has 1 saturated carbocycles. The van der Waals surface area contributed by atoms with E-state index in [1.807, 2.05) is 12.1 Å². The fraction of sp³-hybridized carbons (Fsp3) is 0.667. The molecule has 1 N–H and O–H groups in total. The molecule has 1 aromatic carbocycles. The predicted molar refractivity (Wildman–Crippen MR) is 87.0 cm³/mol. The minimum Gasteiger partial charge on any atom is -0.497 e. The topological polar surface area (TPSA) is 30.5 Å². The smallest absolute Gasteiger partial charge is 0.123 e. The van der Waals surface area contributed by atoms with Crippen LogP contribution in [0, 0.1) is 5.92 Å². The Labute approximate surface area is 129 Å². The predicted octanol–water partition coefficient (Wildman–Crippen LogP) is 4.15. The molecule has 3 heteroatoms. The second-order valence-corrected chi connectivity index (χ2v) is 6.10. The number of methoxy groups -OCH3 is 2. The van der Waals surface area contributed by atoms with Crippen molar-refractivity contribution in [2.75, 3.05) is 14.2 Å². The minimum absolute atomic E-state index is 0.555. The lowest BCUT2D eigenvalue weighted by molar-refractivity contribution is 0.333. The highest BCUT2D eigenvalue weighted by molar-refractivity contribution is 5.40. The first-order chi connectivity index (χ1) is 10.2. The van der Waals surface area contributed by atoms with Crippen molar-refractivity contribution in [3.05, 3.63) is 23.8 Å². The monoisotopic (exact) mass is 291 g/mol. The van der Waals surface area contributed by atoms with Crippen molar-refractivity contribution in [3.63, 3.8) is 0 Å². The van der Waals surface area contributed by atoms with Crippen LogP contribution >= 0.6 is 0 Å².